The van der Waals surface area contributed by atoms with E-state index in [9.17, 15) is 0 Å². The van der Waals surface area contributed by atoms with Crippen LogP contribution in [0.3, 0.4) is 0 Å². The minimum atomic E-state index is 0.523. The van der Waals surface area contributed by atoms with Gasteiger partial charge >= 0.3 is 0 Å². The molecule has 0 spiro atoms. The van der Waals surface area contributed by atoms with Gasteiger partial charge in [-0.1, -0.05) is 0 Å². The van der Waals surface area contributed by atoms with Crippen LogP contribution in [-0.2, 0) is 0 Å². The lowest BCUT2D eigenvalue weighted by Crippen LogP contribution is -2.12. The Labute approximate surface area is 184 Å². The quantitative estimate of drug-likeness (QED) is 0.121. The molecule has 160 valence electrons. The van der Waals surface area contributed by atoms with E-state index in [2.05, 4.69) is 16.9 Å². The van der Waals surface area contributed by atoms with E-state index in [0.29, 0.717) is 39.8 Å². The Morgan fingerprint density at radius 3 is 0.938 bits per heavy atom. The van der Waals surface area contributed by atoms with Gasteiger partial charge in [0.15, 0.2) is 0 Å². The second-order valence-corrected chi connectivity index (χ2v) is 7.98. The number of benzene rings is 5. The van der Waals surface area contributed by atoms with E-state index >= 15 is 0 Å². The second-order valence-electron chi connectivity index (χ2n) is 7.98. The Bertz CT molecular complexity index is 1540. The van der Waals surface area contributed by atoms with Gasteiger partial charge in [0.2, 0.25) is 0 Å². The number of nitrogen functional groups attached to an aromatic ring is 6. The minimum Gasteiger partial charge on any atom is -0.397 e. The molecular weight excluding hydrogens is 400 g/mol. The first-order valence-electron chi connectivity index (χ1n) is 10.0. The molecule has 0 saturated carbocycles. The number of hydrogen-bond donors (Lipinski definition) is 8. The molecule has 14 N–H and O–H groups in total. The molecule has 0 radical (unpaired) electrons. The van der Waals surface area contributed by atoms with Crippen molar-refractivity contribution < 1.29 is 0 Å². The zero-order valence-electron chi connectivity index (χ0n) is 17.2. The number of hydrogen-bond acceptors (Lipinski definition) is 8. The minimum absolute atomic E-state index is 0.523. The number of anilines is 8. The van der Waals surface area contributed by atoms with Crippen molar-refractivity contribution in [2.75, 3.05) is 45.3 Å². The summed E-state index contributed by atoms with van der Waals surface area (Å²) in [4.78, 5) is 0. The zero-order chi connectivity index (χ0) is 22.6. The molecule has 0 unspecified atom stereocenters. The molecule has 0 bridgehead atoms. The highest BCUT2D eigenvalue weighted by Crippen LogP contribution is 2.34. The van der Waals surface area contributed by atoms with Gasteiger partial charge in [-0.05, 0) is 93.0 Å². The van der Waals surface area contributed by atoms with Crippen LogP contribution in [0.15, 0.2) is 60.7 Å². The lowest BCUT2D eigenvalue weighted by molar-refractivity contribution is 1.43. The van der Waals surface area contributed by atoms with E-state index in [4.69, 9.17) is 34.4 Å². The van der Waals surface area contributed by atoms with Crippen LogP contribution in [0.1, 0.15) is 0 Å². The fraction of sp³-hybridized carbons (Fsp3) is 0. The molecule has 0 fully saturated rings. The van der Waals surface area contributed by atoms with Gasteiger partial charge in [0.1, 0.15) is 0 Å². The standard InChI is InChI=1S/C24H24N8/c25-17-3-11-1-13-7-21(29)23(9-14(13)2-12(11)4-18(17)26)31-32-24-10-16-6-20(28)19(27)5-15(16)8-22(24)30/h1-10,31-32H,25-30H2. The highest BCUT2D eigenvalue weighted by Gasteiger charge is 2.08. The highest BCUT2D eigenvalue weighted by atomic mass is 15.4. The van der Waals surface area contributed by atoms with E-state index in [1.165, 1.54) is 0 Å². The molecule has 5 rings (SSSR count). The Kier molecular flexibility index (Phi) is 4.16. The van der Waals surface area contributed by atoms with E-state index < -0.39 is 0 Å². The first-order chi connectivity index (χ1) is 15.3. The maximum atomic E-state index is 6.31. The maximum absolute atomic E-state index is 6.31. The van der Waals surface area contributed by atoms with Crippen LogP contribution in [0.5, 0.6) is 0 Å². The Morgan fingerprint density at radius 2 is 0.562 bits per heavy atom. The third kappa shape index (κ3) is 3.20. The summed E-state index contributed by atoms with van der Waals surface area (Å²) >= 11 is 0. The summed E-state index contributed by atoms with van der Waals surface area (Å²) in [7, 11) is 0. The van der Waals surface area contributed by atoms with Crippen LogP contribution in [-0.4, -0.2) is 0 Å². The third-order valence-electron chi connectivity index (χ3n) is 5.71. The highest BCUT2D eigenvalue weighted by molar-refractivity contribution is 6.04. The molecule has 8 nitrogen and oxygen atoms in total. The number of rotatable bonds is 3. The van der Waals surface area contributed by atoms with Crippen molar-refractivity contribution in [2.45, 2.75) is 0 Å². The number of hydrazine groups is 1. The summed E-state index contributed by atoms with van der Waals surface area (Å²) < 4.78 is 0. The topological polar surface area (TPSA) is 180 Å². The largest absolute Gasteiger partial charge is 0.397 e. The number of nitrogens with two attached hydrogens (primary N) is 6. The summed E-state index contributed by atoms with van der Waals surface area (Å²) in [5.74, 6) is 0. The molecule has 0 amide bonds. The van der Waals surface area contributed by atoms with Crippen LogP contribution < -0.4 is 45.3 Å². The Balaban J connectivity index is 1.50. The second kappa shape index (κ2) is 6.92. The van der Waals surface area contributed by atoms with E-state index in [1.807, 2.05) is 54.6 Å². The van der Waals surface area contributed by atoms with Gasteiger partial charge in [-0.2, -0.15) is 0 Å². The summed E-state index contributed by atoms with van der Waals surface area (Å²) in [5, 5.41) is 5.86. The van der Waals surface area contributed by atoms with Gasteiger partial charge in [-0.25, -0.2) is 0 Å². The van der Waals surface area contributed by atoms with Crippen molar-refractivity contribution in [2.24, 2.45) is 0 Å². The van der Waals surface area contributed by atoms with Crippen LogP contribution in [0, 0.1) is 0 Å². The lowest BCUT2D eigenvalue weighted by Gasteiger charge is -2.16. The molecule has 32 heavy (non-hydrogen) atoms. The van der Waals surface area contributed by atoms with Gasteiger partial charge in [0, 0.05) is 0 Å². The van der Waals surface area contributed by atoms with Gasteiger partial charge in [0.25, 0.3) is 0 Å². The van der Waals surface area contributed by atoms with Crippen molar-refractivity contribution in [1.29, 1.82) is 0 Å². The van der Waals surface area contributed by atoms with Gasteiger partial charge in [-0.3, -0.25) is 10.9 Å². The van der Waals surface area contributed by atoms with Crippen molar-refractivity contribution in [1.82, 2.24) is 0 Å². The van der Waals surface area contributed by atoms with Crippen molar-refractivity contribution in [3.05, 3.63) is 60.7 Å². The molecule has 0 aliphatic heterocycles. The summed E-state index contributed by atoms with van der Waals surface area (Å²) in [6.07, 6.45) is 0. The molecule has 0 heterocycles. The van der Waals surface area contributed by atoms with E-state index in [0.717, 1.165) is 38.0 Å². The first kappa shape index (κ1) is 19.3. The smallest absolute Gasteiger partial charge is 0.0775 e. The normalized spacial score (nSPS) is 11.2. The molecule has 0 aromatic heterocycles. The molecular formula is C24H24N8. The van der Waals surface area contributed by atoms with Crippen molar-refractivity contribution >= 4 is 77.8 Å². The monoisotopic (exact) mass is 424 g/mol. The summed E-state index contributed by atoms with van der Waals surface area (Å²) in [5.41, 5.74) is 47.3. The molecule has 0 saturated heterocycles. The Morgan fingerprint density at radius 1 is 0.312 bits per heavy atom. The number of nitrogens with one attached hydrogen (secondary N) is 2. The summed E-state index contributed by atoms with van der Waals surface area (Å²) in [6.45, 7) is 0. The average molecular weight is 425 g/mol. The fourth-order valence-electron chi connectivity index (χ4n) is 3.91. The zero-order valence-corrected chi connectivity index (χ0v) is 17.2. The Hall–Kier alpha value is -4.72. The fourth-order valence-corrected chi connectivity index (χ4v) is 3.91. The molecule has 0 atom stereocenters. The molecule has 0 aliphatic carbocycles. The summed E-state index contributed by atoms with van der Waals surface area (Å²) in [6, 6.07) is 19.1. The van der Waals surface area contributed by atoms with Crippen LogP contribution in [0.4, 0.5) is 45.5 Å². The molecule has 0 aliphatic rings. The molecule has 5 aromatic rings. The van der Waals surface area contributed by atoms with Crippen LogP contribution in [0.2, 0.25) is 0 Å². The van der Waals surface area contributed by atoms with Gasteiger partial charge in [0.05, 0.1) is 45.5 Å². The van der Waals surface area contributed by atoms with E-state index in [1.54, 1.807) is 0 Å². The molecule has 5 aromatic carbocycles. The molecule has 8 heteroatoms. The third-order valence-corrected chi connectivity index (χ3v) is 5.71. The van der Waals surface area contributed by atoms with Gasteiger partial charge in [-0.15, -0.1) is 0 Å². The average Bonchev–Trinajstić information content (AvgIpc) is 2.73. The maximum Gasteiger partial charge on any atom is 0.0775 e. The predicted octanol–water partition coefficient (Wildman–Crippen LogP) is 4.08. The first-order valence-corrected chi connectivity index (χ1v) is 10.0. The van der Waals surface area contributed by atoms with Crippen LogP contribution >= 0.6 is 0 Å². The lowest BCUT2D eigenvalue weighted by atomic mass is 10.0. The predicted molar refractivity (Wildman–Crippen MR) is 139 cm³/mol. The van der Waals surface area contributed by atoms with Gasteiger partial charge < -0.3 is 34.4 Å². The SMILES string of the molecule is Nc1cc2cc(N)c(NNc3cc4cc5cc(N)c(N)cc5cc4cc3N)cc2cc1N. The van der Waals surface area contributed by atoms with Crippen molar-refractivity contribution in [3.63, 3.8) is 0 Å². The van der Waals surface area contributed by atoms with E-state index in [-0.39, 0.29) is 0 Å². The number of fused-ring (bicyclic) bond motifs is 3. The van der Waals surface area contributed by atoms with Crippen LogP contribution in [0.25, 0.3) is 32.3 Å². The van der Waals surface area contributed by atoms with Crippen molar-refractivity contribution in [3.8, 4) is 0 Å².